The minimum atomic E-state index is -0.437. The highest BCUT2D eigenvalue weighted by molar-refractivity contribution is 5.79. The number of benzene rings is 2. The number of piperidine rings is 1. The Kier molecular flexibility index (Phi) is 3.97. The standard InChI is InChI=1S/C23H25NO3/c25-22(24-13-9-16(10-14-24)23(26)11-12-23)27-15-21-19-7-3-1-5-17(19)18-6-2-4-8-20(18)21/h1-8,16,21,26H,9-15H2. The molecule has 1 aliphatic heterocycles. The van der Waals surface area contributed by atoms with Crippen LogP contribution in [0.4, 0.5) is 4.79 Å². The van der Waals surface area contributed by atoms with E-state index in [4.69, 9.17) is 4.74 Å². The number of carbonyl (C=O) groups excluding carboxylic acids is 1. The lowest BCUT2D eigenvalue weighted by Crippen LogP contribution is -2.42. The second-order valence-electron chi connectivity index (χ2n) is 8.17. The molecule has 27 heavy (non-hydrogen) atoms. The minimum absolute atomic E-state index is 0.103. The first-order valence-electron chi connectivity index (χ1n) is 9.98. The zero-order valence-electron chi connectivity index (χ0n) is 15.4. The van der Waals surface area contributed by atoms with Crippen LogP contribution in [0.25, 0.3) is 11.1 Å². The topological polar surface area (TPSA) is 49.8 Å². The fourth-order valence-electron chi connectivity index (χ4n) is 4.82. The Balaban J connectivity index is 1.25. The van der Waals surface area contributed by atoms with Crippen molar-refractivity contribution in [3.05, 3.63) is 59.7 Å². The Hall–Kier alpha value is -2.33. The number of carbonyl (C=O) groups is 1. The second kappa shape index (κ2) is 6.38. The first-order valence-corrected chi connectivity index (χ1v) is 9.98. The molecule has 2 fully saturated rings. The molecule has 1 saturated heterocycles. The molecular formula is C23H25NO3. The molecule has 4 nitrogen and oxygen atoms in total. The maximum absolute atomic E-state index is 12.6. The molecule has 0 spiro atoms. The van der Waals surface area contributed by atoms with E-state index < -0.39 is 5.60 Å². The van der Waals surface area contributed by atoms with E-state index in [1.54, 1.807) is 4.90 Å². The summed E-state index contributed by atoms with van der Waals surface area (Å²) in [5.74, 6) is 0.446. The molecule has 1 heterocycles. The molecule has 1 N–H and O–H groups in total. The quantitative estimate of drug-likeness (QED) is 0.890. The van der Waals surface area contributed by atoms with Gasteiger partial charge in [0, 0.05) is 19.0 Å². The number of nitrogens with zero attached hydrogens (tertiary/aromatic N) is 1. The van der Waals surface area contributed by atoms with Crippen LogP contribution in [0.2, 0.25) is 0 Å². The van der Waals surface area contributed by atoms with Crippen LogP contribution in [-0.2, 0) is 4.74 Å². The number of amides is 1. The first-order chi connectivity index (χ1) is 13.2. The van der Waals surface area contributed by atoms with E-state index in [1.807, 2.05) is 12.1 Å². The summed E-state index contributed by atoms with van der Waals surface area (Å²) in [5, 5.41) is 10.3. The van der Waals surface area contributed by atoms with Crippen LogP contribution in [0.5, 0.6) is 0 Å². The predicted molar refractivity (Wildman–Crippen MR) is 104 cm³/mol. The number of hydrogen-bond donors (Lipinski definition) is 1. The van der Waals surface area contributed by atoms with Gasteiger partial charge in [0.05, 0.1) is 5.60 Å². The Morgan fingerprint density at radius 2 is 1.56 bits per heavy atom. The van der Waals surface area contributed by atoms with Crippen molar-refractivity contribution in [2.24, 2.45) is 5.92 Å². The third-order valence-electron chi connectivity index (χ3n) is 6.61. The van der Waals surface area contributed by atoms with E-state index in [9.17, 15) is 9.90 Å². The van der Waals surface area contributed by atoms with Crippen molar-refractivity contribution in [2.75, 3.05) is 19.7 Å². The van der Waals surface area contributed by atoms with Gasteiger partial charge in [-0.25, -0.2) is 4.79 Å². The molecule has 0 radical (unpaired) electrons. The van der Waals surface area contributed by atoms with Crippen LogP contribution in [0.1, 0.15) is 42.7 Å². The zero-order chi connectivity index (χ0) is 18.4. The number of ether oxygens (including phenoxy) is 1. The summed E-state index contributed by atoms with van der Waals surface area (Å²) in [6, 6.07) is 16.8. The number of rotatable bonds is 3. The fourth-order valence-corrected chi connectivity index (χ4v) is 4.82. The number of fused-ring (bicyclic) bond motifs is 3. The van der Waals surface area contributed by atoms with Gasteiger partial charge in [0.2, 0.25) is 0 Å². The third-order valence-corrected chi connectivity index (χ3v) is 6.61. The molecule has 2 aromatic carbocycles. The summed E-state index contributed by atoms with van der Waals surface area (Å²) >= 11 is 0. The van der Waals surface area contributed by atoms with Crippen molar-refractivity contribution >= 4 is 6.09 Å². The molecule has 0 atom stereocenters. The molecule has 1 saturated carbocycles. The van der Waals surface area contributed by atoms with Gasteiger partial charge in [0.1, 0.15) is 6.61 Å². The van der Waals surface area contributed by atoms with Crippen LogP contribution in [0, 0.1) is 5.92 Å². The van der Waals surface area contributed by atoms with E-state index in [2.05, 4.69) is 36.4 Å². The molecule has 2 aliphatic carbocycles. The van der Waals surface area contributed by atoms with E-state index in [0.29, 0.717) is 25.6 Å². The SMILES string of the molecule is O=C(OCC1c2ccccc2-c2ccccc21)N1CCC(C2(O)CC2)CC1. The molecule has 140 valence electrons. The van der Waals surface area contributed by atoms with Crippen molar-refractivity contribution < 1.29 is 14.6 Å². The molecule has 1 amide bonds. The maximum Gasteiger partial charge on any atom is 0.409 e. The molecule has 0 aromatic heterocycles. The van der Waals surface area contributed by atoms with Crippen molar-refractivity contribution in [3.8, 4) is 11.1 Å². The van der Waals surface area contributed by atoms with Crippen LogP contribution in [-0.4, -0.2) is 41.4 Å². The molecule has 0 bridgehead atoms. The number of hydrogen-bond acceptors (Lipinski definition) is 3. The van der Waals surface area contributed by atoms with Crippen LogP contribution < -0.4 is 0 Å². The van der Waals surface area contributed by atoms with Gasteiger partial charge in [-0.1, -0.05) is 48.5 Å². The average Bonchev–Trinajstić information content (AvgIpc) is 3.39. The summed E-state index contributed by atoms with van der Waals surface area (Å²) in [6.07, 6.45) is 3.37. The Morgan fingerprint density at radius 1 is 1.00 bits per heavy atom. The van der Waals surface area contributed by atoms with Crippen LogP contribution in [0.3, 0.4) is 0 Å². The lowest BCUT2D eigenvalue weighted by molar-refractivity contribution is 0.0322. The maximum atomic E-state index is 12.6. The second-order valence-corrected chi connectivity index (χ2v) is 8.17. The van der Waals surface area contributed by atoms with Crippen molar-refractivity contribution in [1.82, 2.24) is 4.90 Å². The molecule has 0 unspecified atom stereocenters. The Morgan fingerprint density at radius 3 is 2.11 bits per heavy atom. The van der Waals surface area contributed by atoms with Crippen molar-refractivity contribution in [2.45, 2.75) is 37.2 Å². The van der Waals surface area contributed by atoms with Gasteiger partial charge in [-0.2, -0.15) is 0 Å². The van der Waals surface area contributed by atoms with E-state index >= 15 is 0 Å². The lowest BCUT2D eigenvalue weighted by atomic mass is 9.89. The summed E-state index contributed by atoms with van der Waals surface area (Å²) in [6.45, 7) is 1.74. The van der Waals surface area contributed by atoms with Gasteiger partial charge >= 0.3 is 6.09 Å². The van der Waals surface area contributed by atoms with Gasteiger partial charge in [-0.05, 0) is 53.9 Å². The normalized spacial score (nSPS) is 20.9. The van der Waals surface area contributed by atoms with Crippen molar-refractivity contribution in [3.63, 3.8) is 0 Å². The highest BCUT2D eigenvalue weighted by atomic mass is 16.6. The van der Waals surface area contributed by atoms with Gasteiger partial charge in [-0.15, -0.1) is 0 Å². The van der Waals surface area contributed by atoms with Gasteiger partial charge in [-0.3, -0.25) is 0 Å². The van der Waals surface area contributed by atoms with Gasteiger partial charge in [0.25, 0.3) is 0 Å². The van der Waals surface area contributed by atoms with Crippen molar-refractivity contribution in [1.29, 1.82) is 0 Å². The minimum Gasteiger partial charge on any atom is -0.448 e. The monoisotopic (exact) mass is 363 g/mol. The van der Waals surface area contributed by atoms with Gasteiger partial charge in [0.15, 0.2) is 0 Å². The molecule has 2 aromatic rings. The van der Waals surface area contributed by atoms with E-state index in [-0.39, 0.29) is 12.0 Å². The first kappa shape index (κ1) is 16.8. The highest BCUT2D eigenvalue weighted by Crippen LogP contribution is 2.47. The molecular weight excluding hydrogens is 338 g/mol. The third kappa shape index (κ3) is 2.92. The molecule has 4 heteroatoms. The predicted octanol–water partition coefficient (Wildman–Crippen LogP) is 4.17. The Labute approximate surface area is 159 Å². The largest absolute Gasteiger partial charge is 0.448 e. The average molecular weight is 363 g/mol. The summed E-state index contributed by atoms with van der Waals surface area (Å²) in [5.41, 5.74) is 4.52. The summed E-state index contributed by atoms with van der Waals surface area (Å²) in [7, 11) is 0. The van der Waals surface area contributed by atoms with Gasteiger partial charge < -0.3 is 14.7 Å². The van der Waals surface area contributed by atoms with E-state index in [0.717, 1.165) is 25.7 Å². The lowest BCUT2D eigenvalue weighted by Gasteiger charge is -2.34. The smallest absolute Gasteiger partial charge is 0.409 e. The summed E-state index contributed by atoms with van der Waals surface area (Å²) < 4.78 is 5.74. The fraction of sp³-hybridized carbons (Fsp3) is 0.435. The Bertz CT molecular complexity index is 820. The highest BCUT2D eigenvalue weighted by Gasteiger charge is 2.48. The zero-order valence-corrected chi connectivity index (χ0v) is 15.4. The molecule has 5 rings (SSSR count). The number of aliphatic hydroxyl groups is 1. The summed E-state index contributed by atoms with van der Waals surface area (Å²) in [4.78, 5) is 14.4. The van der Waals surface area contributed by atoms with E-state index in [1.165, 1.54) is 22.3 Å². The van der Waals surface area contributed by atoms with Crippen LogP contribution in [0.15, 0.2) is 48.5 Å². The van der Waals surface area contributed by atoms with Crippen LogP contribution >= 0.6 is 0 Å². The molecule has 3 aliphatic rings. The number of likely N-dealkylation sites (tertiary alicyclic amines) is 1.